The molecule has 7 aromatic rings. The topological polar surface area (TPSA) is 139 Å². The number of nitrogens with zero attached hydrogens (tertiary/aromatic N) is 1. The van der Waals surface area contributed by atoms with Crippen LogP contribution in [0.2, 0.25) is 0 Å². The van der Waals surface area contributed by atoms with E-state index in [4.69, 9.17) is 47.4 Å². The standard InChI is InChI=1S/C62H62NO11/c63-35-51-33-19-20-34-52(51)42-71-60-57(68-39-48-27-13-4-14-28-48)55(67-38-47-25-11-3-12-26-47)53(43-65-36-45-21-7-1-8-22-45)73-62(60)74-56-54(44-66-37-46-23-9-2-10-24-46)72-61(64)59(70-41-50-31-17-6-18-32-50)58(56)69-40-49-29-15-5-16-30-49/h1-34,53-62H,36-44H2/q-1/t53-,54-,55-,56-,57+,58+,59-,60-,61+,62-/m1/s1. The van der Waals surface area contributed by atoms with Crippen LogP contribution in [0.25, 0.3) is 0 Å². The van der Waals surface area contributed by atoms with Gasteiger partial charge >= 0.3 is 0 Å². The molecule has 0 amide bonds. The molecule has 74 heavy (non-hydrogen) atoms. The quantitative estimate of drug-likeness (QED) is 0.0539. The van der Waals surface area contributed by atoms with Gasteiger partial charge in [-0.1, -0.05) is 200 Å². The number of nitriles is 1. The van der Waals surface area contributed by atoms with Gasteiger partial charge in [0.1, 0.15) is 42.7 Å². The normalized spacial score (nSPS) is 23.7. The van der Waals surface area contributed by atoms with Crippen molar-refractivity contribution in [3.63, 3.8) is 0 Å². The molecule has 10 atom stereocenters. The van der Waals surface area contributed by atoms with E-state index in [2.05, 4.69) is 6.07 Å². The van der Waals surface area contributed by atoms with Crippen LogP contribution in [0.15, 0.2) is 206 Å². The Morgan fingerprint density at radius 3 is 1.16 bits per heavy atom. The Hall–Kier alpha value is -6.41. The van der Waals surface area contributed by atoms with E-state index in [1.54, 1.807) is 6.07 Å². The summed E-state index contributed by atoms with van der Waals surface area (Å²) in [5.74, 6) is 0. The fraction of sp³-hybridized carbons (Fsp3) is 0.306. The minimum Gasteiger partial charge on any atom is -0.829 e. The zero-order chi connectivity index (χ0) is 50.6. The molecule has 0 saturated carbocycles. The number of rotatable bonds is 25. The van der Waals surface area contributed by atoms with Gasteiger partial charge in [-0.15, -0.1) is 0 Å². The van der Waals surface area contributed by atoms with Crippen molar-refractivity contribution >= 4 is 0 Å². The largest absolute Gasteiger partial charge is 0.829 e. The van der Waals surface area contributed by atoms with Crippen LogP contribution in [0.3, 0.4) is 0 Å². The first-order chi connectivity index (χ1) is 36.6. The summed E-state index contributed by atoms with van der Waals surface area (Å²) in [6, 6.07) is 68.4. The summed E-state index contributed by atoms with van der Waals surface area (Å²) >= 11 is 0. The lowest BCUT2D eigenvalue weighted by Crippen LogP contribution is -2.67. The van der Waals surface area contributed by atoms with E-state index >= 15 is 0 Å². The minimum absolute atomic E-state index is 0.00639. The average Bonchev–Trinajstić information content (AvgIpc) is 3.46. The highest BCUT2D eigenvalue weighted by atomic mass is 16.8. The molecule has 12 nitrogen and oxygen atoms in total. The van der Waals surface area contributed by atoms with Gasteiger partial charge in [0.2, 0.25) is 0 Å². The zero-order valence-corrected chi connectivity index (χ0v) is 41.2. The molecule has 0 radical (unpaired) electrons. The lowest BCUT2D eigenvalue weighted by molar-refractivity contribution is -0.539. The SMILES string of the molecule is N#Cc1ccccc1CO[C@H]1[C@@H](O[C@H]2[C@H](OCc3ccccc3)[C@@H](OCc3ccccc3)[C@@H]([O-])O[C@@H]2COCc2ccccc2)O[C@H](COCc2ccccc2)[C@@H](OCc2ccccc2)[C@@H]1OCc1ccccc1. The van der Waals surface area contributed by atoms with Gasteiger partial charge in [-0.2, -0.15) is 5.26 Å². The fourth-order valence-electron chi connectivity index (χ4n) is 9.13. The summed E-state index contributed by atoms with van der Waals surface area (Å²) in [6.45, 7) is 1.24. The maximum Gasteiger partial charge on any atom is 0.187 e. The molecule has 0 unspecified atom stereocenters. The monoisotopic (exact) mass is 996 g/mol. The Balaban J connectivity index is 1.11. The molecule has 0 aromatic heterocycles. The van der Waals surface area contributed by atoms with Crippen LogP contribution in [0.4, 0.5) is 0 Å². The molecule has 2 aliphatic rings. The predicted molar refractivity (Wildman–Crippen MR) is 274 cm³/mol. The van der Waals surface area contributed by atoms with E-state index in [9.17, 15) is 10.4 Å². The second-order valence-electron chi connectivity index (χ2n) is 18.3. The number of ether oxygens (including phenoxy) is 10. The summed E-state index contributed by atoms with van der Waals surface area (Å²) < 4.78 is 68.2. The highest BCUT2D eigenvalue weighted by molar-refractivity contribution is 5.37. The van der Waals surface area contributed by atoms with Crippen molar-refractivity contribution in [2.75, 3.05) is 13.2 Å². The van der Waals surface area contributed by atoms with E-state index < -0.39 is 61.4 Å². The van der Waals surface area contributed by atoms with Crippen molar-refractivity contribution in [3.8, 4) is 6.07 Å². The number of hydrogen-bond acceptors (Lipinski definition) is 12. The maximum absolute atomic E-state index is 14.5. The molecule has 0 aliphatic carbocycles. The van der Waals surface area contributed by atoms with E-state index in [1.165, 1.54) is 0 Å². The molecule has 2 heterocycles. The molecular formula is C62H62NO11-. The highest BCUT2D eigenvalue weighted by Crippen LogP contribution is 2.36. The van der Waals surface area contributed by atoms with Gasteiger partial charge in [-0.05, 0) is 45.0 Å². The van der Waals surface area contributed by atoms with Gasteiger partial charge < -0.3 is 52.5 Å². The van der Waals surface area contributed by atoms with Crippen molar-refractivity contribution in [2.45, 2.75) is 108 Å². The molecule has 7 aromatic carbocycles. The zero-order valence-electron chi connectivity index (χ0n) is 41.2. The summed E-state index contributed by atoms with van der Waals surface area (Å²) in [6.07, 6.45) is -10.6. The van der Waals surface area contributed by atoms with Gasteiger partial charge in [0.05, 0.1) is 77.2 Å². The maximum atomic E-state index is 14.5. The summed E-state index contributed by atoms with van der Waals surface area (Å²) in [5.41, 5.74) is 6.67. The molecular weight excluding hydrogens is 935 g/mol. The molecule has 382 valence electrons. The van der Waals surface area contributed by atoms with Gasteiger partial charge in [0.25, 0.3) is 0 Å². The lowest BCUT2D eigenvalue weighted by atomic mass is 9.95. The van der Waals surface area contributed by atoms with Crippen LogP contribution < -0.4 is 5.11 Å². The van der Waals surface area contributed by atoms with Crippen molar-refractivity contribution in [1.29, 1.82) is 5.26 Å². The van der Waals surface area contributed by atoms with Crippen molar-refractivity contribution in [3.05, 3.63) is 251 Å². The van der Waals surface area contributed by atoms with Gasteiger partial charge in [-0.3, -0.25) is 0 Å². The van der Waals surface area contributed by atoms with E-state index in [0.29, 0.717) is 17.7 Å². The van der Waals surface area contributed by atoms with Crippen LogP contribution in [0.1, 0.15) is 44.5 Å². The van der Waals surface area contributed by atoms with Crippen LogP contribution in [0.5, 0.6) is 0 Å². The Bertz CT molecular complexity index is 2720. The molecule has 2 aliphatic heterocycles. The molecule has 0 spiro atoms. The van der Waals surface area contributed by atoms with Crippen LogP contribution in [-0.4, -0.2) is 74.6 Å². The second-order valence-corrected chi connectivity index (χ2v) is 18.3. The first kappa shape index (κ1) is 52.5. The second kappa shape index (κ2) is 27.8. The summed E-state index contributed by atoms with van der Waals surface area (Å²) in [4.78, 5) is 0. The summed E-state index contributed by atoms with van der Waals surface area (Å²) in [5, 5.41) is 24.7. The third kappa shape index (κ3) is 14.9. The van der Waals surface area contributed by atoms with E-state index in [1.807, 2.05) is 200 Å². The first-order valence-corrected chi connectivity index (χ1v) is 25.1. The van der Waals surface area contributed by atoms with Crippen LogP contribution >= 0.6 is 0 Å². The fourth-order valence-corrected chi connectivity index (χ4v) is 9.13. The number of hydrogen-bond donors (Lipinski definition) is 0. The molecule has 12 heteroatoms. The molecule has 0 bridgehead atoms. The van der Waals surface area contributed by atoms with Crippen molar-refractivity contribution in [1.82, 2.24) is 0 Å². The van der Waals surface area contributed by atoms with Gasteiger partial charge in [-0.25, -0.2) is 0 Å². The van der Waals surface area contributed by atoms with Crippen LogP contribution in [0, 0.1) is 11.3 Å². The number of benzene rings is 7. The Morgan fingerprint density at radius 2 is 0.716 bits per heavy atom. The van der Waals surface area contributed by atoms with E-state index in [-0.39, 0.29) is 52.9 Å². The lowest BCUT2D eigenvalue weighted by Gasteiger charge is -2.52. The third-order valence-electron chi connectivity index (χ3n) is 13.0. The average molecular weight is 997 g/mol. The Kier molecular flexibility index (Phi) is 19.7. The Morgan fingerprint density at radius 1 is 0.365 bits per heavy atom. The first-order valence-electron chi connectivity index (χ1n) is 25.1. The molecule has 9 rings (SSSR count). The van der Waals surface area contributed by atoms with E-state index in [0.717, 1.165) is 33.4 Å². The van der Waals surface area contributed by atoms with Crippen molar-refractivity contribution < 1.29 is 52.5 Å². The Labute approximate surface area is 433 Å². The minimum atomic E-state index is -1.69. The smallest absolute Gasteiger partial charge is 0.187 e. The third-order valence-corrected chi connectivity index (χ3v) is 13.0. The van der Waals surface area contributed by atoms with Gasteiger partial charge in [0, 0.05) is 6.29 Å². The molecule has 0 N–H and O–H groups in total. The summed E-state index contributed by atoms with van der Waals surface area (Å²) in [7, 11) is 0. The molecule has 2 fully saturated rings. The van der Waals surface area contributed by atoms with Gasteiger partial charge in [0.15, 0.2) is 6.29 Å². The predicted octanol–water partition coefficient (Wildman–Crippen LogP) is 9.41. The molecule has 2 saturated heterocycles. The van der Waals surface area contributed by atoms with Crippen LogP contribution in [-0.2, 0) is 93.6 Å². The highest BCUT2D eigenvalue weighted by Gasteiger charge is 2.53. The van der Waals surface area contributed by atoms with Crippen molar-refractivity contribution in [2.24, 2.45) is 0 Å².